The molecule has 0 saturated carbocycles. The summed E-state index contributed by atoms with van der Waals surface area (Å²) in [4.78, 5) is 16.2. The van der Waals surface area contributed by atoms with Crippen LogP contribution in [0.5, 0.6) is 5.75 Å². The quantitative estimate of drug-likeness (QED) is 0.184. The summed E-state index contributed by atoms with van der Waals surface area (Å²) in [6.07, 6.45) is 6.98. The second-order valence-corrected chi connectivity index (χ2v) is 7.72. The van der Waals surface area contributed by atoms with Crippen molar-refractivity contribution in [2.75, 3.05) is 19.7 Å². The Labute approximate surface area is 180 Å². The molecule has 8 nitrogen and oxygen atoms in total. The van der Waals surface area contributed by atoms with Crippen molar-refractivity contribution < 1.29 is 14.7 Å². The van der Waals surface area contributed by atoms with Crippen molar-refractivity contribution in [3.8, 4) is 5.75 Å². The fourth-order valence-corrected chi connectivity index (χ4v) is 3.96. The van der Waals surface area contributed by atoms with Crippen LogP contribution in [0.2, 0.25) is 0 Å². The Kier molecular flexibility index (Phi) is 9.45. The number of rotatable bonds is 11. The monoisotopic (exact) mass is 515 g/mol. The number of halogens is 2. The number of nitrogens with zero attached hydrogens (tertiary/aromatic N) is 3. The molecule has 0 aliphatic rings. The van der Waals surface area contributed by atoms with Crippen LogP contribution in [0.3, 0.4) is 0 Å². The van der Waals surface area contributed by atoms with E-state index in [0.29, 0.717) is 25.4 Å². The molecule has 0 atom stereocenters. The third kappa shape index (κ3) is 6.92. The number of nitrogens with one attached hydrogen (secondary N) is 1. The number of carbonyl (C=O) groups is 1. The smallest absolute Gasteiger partial charge is 0.269 e. The molecule has 1 amide bonds. The molecule has 28 heavy (non-hydrogen) atoms. The largest absolute Gasteiger partial charge is 0.491 e. The number of ether oxygens (including phenoxy) is 1. The Morgan fingerprint density at radius 3 is 2.68 bits per heavy atom. The van der Waals surface area contributed by atoms with E-state index < -0.39 is 5.91 Å². The molecule has 1 aromatic heterocycles. The fourth-order valence-electron chi connectivity index (χ4n) is 2.45. The average molecular weight is 517 g/mol. The zero-order chi connectivity index (χ0) is 20.4. The summed E-state index contributed by atoms with van der Waals surface area (Å²) in [7, 11) is 0. The van der Waals surface area contributed by atoms with Crippen molar-refractivity contribution in [2.45, 2.75) is 25.8 Å². The van der Waals surface area contributed by atoms with Crippen LogP contribution >= 0.6 is 31.9 Å². The Morgan fingerprint density at radius 2 is 2.07 bits per heavy atom. The van der Waals surface area contributed by atoms with Gasteiger partial charge in [-0.15, -0.1) is 0 Å². The molecule has 1 heterocycles. The molecule has 0 aliphatic carbocycles. The molecule has 0 fully saturated rings. The van der Waals surface area contributed by atoms with Crippen LogP contribution in [0.15, 0.2) is 45.0 Å². The second kappa shape index (κ2) is 11.8. The normalized spacial score (nSPS) is 11.5. The molecule has 2 rings (SSSR count). The van der Waals surface area contributed by atoms with Crippen LogP contribution in [-0.4, -0.2) is 46.1 Å². The number of amides is 1. The van der Waals surface area contributed by atoms with E-state index >= 15 is 0 Å². The van der Waals surface area contributed by atoms with Gasteiger partial charge in [0.1, 0.15) is 11.5 Å². The van der Waals surface area contributed by atoms with Crippen molar-refractivity contribution >= 4 is 43.5 Å². The van der Waals surface area contributed by atoms with Crippen molar-refractivity contribution in [2.24, 2.45) is 10.9 Å². The van der Waals surface area contributed by atoms with E-state index in [-0.39, 0.29) is 12.1 Å². The van der Waals surface area contributed by atoms with Crippen LogP contribution in [0.1, 0.15) is 18.4 Å². The molecule has 152 valence electrons. The Balaban J connectivity index is 1.89. The number of benzene rings is 1. The highest BCUT2D eigenvalue weighted by molar-refractivity contribution is 9.11. The summed E-state index contributed by atoms with van der Waals surface area (Å²) in [5.74, 6) is 0.271. The minimum atomic E-state index is -0.399. The van der Waals surface area contributed by atoms with Gasteiger partial charge in [0.25, 0.3) is 5.91 Å². The molecule has 0 radical (unpaired) electrons. The number of hydrogen-bond acceptors (Lipinski definition) is 6. The molecule has 0 bridgehead atoms. The summed E-state index contributed by atoms with van der Waals surface area (Å²) in [5.41, 5.74) is 6.31. The van der Waals surface area contributed by atoms with Gasteiger partial charge in [-0.2, -0.15) is 0 Å². The van der Waals surface area contributed by atoms with Crippen LogP contribution in [0.4, 0.5) is 0 Å². The lowest BCUT2D eigenvalue weighted by Crippen LogP contribution is -2.33. The summed E-state index contributed by atoms with van der Waals surface area (Å²) >= 11 is 6.94. The van der Waals surface area contributed by atoms with Crippen LogP contribution < -0.4 is 15.8 Å². The summed E-state index contributed by atoms with van der Waals surface area (Å²) in [6, 6.07) is 3.67. The number of carbonyl (C=O) groups excluding carboxylic acids is 1. The summed E-state index contributed by atoms with van der Waals surface area (Å²) < 4.78 is 9.11. The van der Waals surface area contributed by atoms with Gasteiger partial charge in [0.15, 0.2) is 0 Å². The molecule has 4 N–H and O–H groups in total. The summed E-state index contributed by atoms with van der Waals surface area (Å²) in [6.45, 7) is 2.29. The lowest BCUT2D eigenvalue weighted by molar-refractivity contribution is -0.115. The van der Waals surface area contributed by atoms with E-state index in [2.05, 4.69) is 47.3 Å². The van der Waals surface area contributed by atoms with E-state index in [0.717, 1.165) is 33.9 Å². The maximum atomic E-state index is 12.3. The molecule has 1 aromatic carbocycles. The Morgan fingerprint density at radius 1 is 1.32 bits per heavy atom. The van der Waals surface area contributed by atoms with Gasteiger partial charge >= 0.3 is 0 Å². The first kappa shape index (κ1) is 22.4. The molecule has 0 unspecified atom stereocenters. The third-order valence-electron chi connectivity index (χ3n) is 3.85. The van der Waals surface area contributed by atoms with E-state index in [1.807, 2.05) is 22.9 Å². The van der Waals surface area contributed by atoms with Crippen LogP contribution in [0.25, 0.3) is 0 Å². The van der Waals surface area contributed by atoms with Crippen molar-refractivity contribution in [1.82, 2.24) is 14.9 Å². The number of aryl methyl sites for hydroxylation is 1. The van der Waals surface area contributed by atoms with E-state index in [1.165, 1.54) is 0 Å². The average Bonchev–Trinajstić information content (AvgIpc) is 3.19. The first-order valence-electron chi connectivity index (χ1n) is 8.80. The lowest BCUT2D eigenvalue weighted by Gasteiger charge is -2.12. The Bertz CT molecular complexity index is 774. The maximum Gasteiger partial charge on any atom is 0.269 e. The zero-order valence-electron chi connectivity index (χ0n) is 15.3. The van der Waals surface area contributed by atoms with Crippen molar-refractivity contribution in [3.05, 3.63) is 45.4 Å². The standard InChI is InChI=1S/C18H23Br2N5O3/c19-14-9-13(10-15(20)17(14)28-8-1-3-21)11-16(24-27)18(26)23-4-2-6-25-7-5-22-12-25/h5,7,9-10,12,27H,1-4,6,8,11,21H2,(H,23,26)/b24-16+. The highest BCUT2D eigenvalue weighted by Gasteiger charge is 2.16. The van der Waals surface area contributed by atoms with Gasteiger partial charge in [-0.05, 0) is 68.9 Å². The second-order valence-electron chi connectivity index (χ2n) is 6.01. The van der Waals surface area contributed by atoms with E-state index in [4.69, 9.17) is 10.5 Å². The lowest BCUT2D eigenvalue weighted by atomic mass is 10.1. The van der Waals surface area contributed by atoms with Gasteiger partial charge in [0.05, 0.1) is 21.9 Å². The number of oxime groups is 1. The van der Waals surface area contributed by atoms with E-state index in [1.54, 1.807) is 12.5 Å². The number of hydrogen-bond donors (Lipinski definition) is 3. The minimum absolute atomic E-state index is 0.0400. The SMILES string of the molecule is NCCCOc1c(Br)cc(C/C(=N\O)C(=O)NCCCn2ccnc2)cc1Br. The molecule has 0 spiro atoms. The maximum absolute atomic E-state index is 12.3. The number of aromatic nitrogens is 2. The topological polar surface area (TPSA) is 115 Å². The third-order valence-corrected chi connectivity index (χ3v) is 5.02. The first-order valence-corrected chi connectivity index (χ1v) is 10.4. The molecule has 2 aromatic rings. The summed E-state index contributed by atoms with van der Waals surface area (Å²) in [5, 5.41) is 15.2. The van der Waals surface area contributed by atoms with Gasteiger partial charge in [-0.25, -0.2) is 4.98 Å². The van der Waals surface area contributed by atoms with Gasteiger partial charge in [-0.3, -0.25) is 4.79 Å². The molecular formula is C18H23Br2N5O3. The van der Waals surface area contributed by atoms with E-state index in [9.17, 15) is 10.0 Å². The van der Waals surface area contributed by atoms with Gasteiger partial charge < -0.3 is 25.6 Å². The molecule has 0 saturated heterocycles. The van der Waals surface area contributed by atoms with Crippen LogP contribution in [0, 0.1) is 0 Å². The predicted molar refractivity (Wildman–Crippen MR) is 114 cm³/mol. The number of nitrogens with two attached hydrogens (primary N) is 1. The van der Waals surface area contributed by atoms with Crippen LogP contribution in [-0.2, 0) is 17.8 Å². The minimum Gasteiger partial charge on any atom is -0.491 e. The molecular weight excluding hydrogens is 494 g/mol. The molecule has 0 aliphatic heterocycles. The first-order chi connectivity index (χ1) is 13.5. The fraction of sp³-hybridized carbons (Fsp3) is 0.389. The highest BCUT2D eigenvalue weighted by Crippen LogP contribution is 2.35. The highest BCUT2D eigenvalue weighted by atomic mass is 79.9. The molecule has 10 heteroatoms. The van der Waals surface area contributed by atoms with Crippen molar-refractivity contribution in [3.63, 3.8) is 0 Å². The van der Waals surface area contributed by atoms with Crippen molar-refractivity contribution in [1.29, 1.82) is 0 Å². The van der Waals surface area contributed by atoms with Gasteiger partial charge in [0, 0.05) is 31.9 Å². The Hall–Kier alpha value is -1.91. The zero-order valence-corrected chi connectivity index (χ0v) is 18.4. The predicted octanol–water partition coefficient (Wildman–Crippen LogP) is 2.71. The van der Waals surface area contributed by atoms with Gasteiger partial charge in [0.2, 0.25) is 0 Å². The number of imidazole rings is 1. The van der Waals surface area contributed by atoms with Gasteiger partial charge in [-0.1, -0.05) is 5.16 Å².